The van der Waals surface area contributed by atoms with E-state index in [0.29, 0.717) is 21.3 Å². The zero-order chi connectivity index (χ0) is 18.7. The molecule has 0 spiro atoms. The van der Waals surface area contributed by atoms with Crippen molar-refractivity contribution < 1.29 is 22.7 Å². The predicted octanol–water partition coefficient (Wildman–Crippen LogP) is 5.20. The van der Waals surface area contributed by atoms with Crippen molar-refractivity contribution in [2.45, 2.75) is 24.0 Å². The predicted molar refractivity (Wildman–Crippen MR) is 96.0 cm³/mol. The van der Waals surface area contributed by atoms with E-state index in [1.165, 1.54) is 18.2 Å². The molecule has 136 valence electrons. The Bertz CT molecular complexity index is 935. The maximum atomic E-state index is 12.4. The van der Waals surface area contributed by atoms with E-state index < -0.39 is 17.8 Å². The number of benzene rings is 2. The highest BCUT2D eigenvalue weighted by atomic mass is 35.5. The number of oxazole rings is 1. The molecule has 0 aliphatic heterocycles. The maximum absolute atomic E-state index is 12.4. The van der Waals surface area contributed by atoms with Crippen LogP contribution in [-0.2, 0) is 4.79 Å². The van der Waals surface area contributed by atoms with Crippen LogP contribution in [0.3, 0.4) is 0 Å². The fourth-order valence-electron chi connectivity index (χ4n) is 2.14. The van der Waals surface area contributed by atoms with E-state index in [1.807, 2.05) is 0 Å². The highest BCUT2D eigenvalue weighted by molar-refractivity contribution is 8.00. The molecule has 2 aromatic carbocycles. The van der Waals surface area contributed by atoms with Gasteiger partial charge in [-0.25, -0.2) is 4.98 Å². The summed E-state index contributed by atoms with van der Waals surface area (Å²) in [6.45, 7) is -1.33. The van der Waals surface area contributed by atoms with E-state index in [9.17, 15) is 13.6 Å². The van der Waals surface area contributed by atoms with Gasteiger partial charge in [-0.3, -0.25) is 4.79 Å². The van der Waals surface area contributed by atoms with Crippen molar-refractivity contribution >= 4 is 46.1 Å². The molecular weight excluding hydrogens is 386 g/mol. The Morgan fingerprint density at radius 1 is 1.31 bits per heavy atom. The lowest BCUT2D eigenvalue weighted by Crippen LogP contribution is -2.23. The van der Waals surface area contributed by atoms with Gasteiger partial charge in [-0.15, -0.1) is 0 Å². The number of rotatable bonds is 6. The summed E-state index contributed by atoms with van der Waals surface area (Å²) in [6.07, 6.45) is 0. The molecule has 0 unspecified atom stereocenters. The van der Waals surface area contributed by atoms with Crippen molar-refractivity contribution in [1.29, 1.82) is 0 Å². The number of amides is 1. The second-order valence-electron chi connectivity index (χ2n) is 5.22. The maximum Gasteiger partial charge on any atom is 0.387 e. The first-order valence-corrected chi connectivity index (χ1v) is 8.75. The van der Waals surface area contributed by atoms with Crippen molar-refractivity contribution in [2.24, 2.45) is 0 Å². The molecule has 1 N–H and O–H groups in total. The number of carbonyl (C=O) groups is 1. The molecule has 1 aromatic heterocycles. The first-order chi connectivity index (χ1) is 12.4. The molecule has 0 bridgehead atoms. The Morgan fingerprint density at radius 3 is 2.85 bits per heavy atom. The number of alkyl halides is 2. The third-order valence-corrected chi connectivity index (χ3v) is 4.52. The van der Waals surface area contributed by atoms with Crippen LogP contribution in [0.15, 0.2) is 52.1 Å². The SMILES string of the molecule is C[C@H](Sc1nc2ccc(Cl)cc2o1)C(=O)Nc1ccccc1OC(F)F. The molecule has 1 atom stereocenters. The lowest BCUT2D eigenvalue weighted by Gasteiger charge is -2.13. The van der Waals surface area contributed by atoms with Crippen LogP contribution < -0.4 is 10.1 Å². The summed E-state index contributed by atoms with van der Waals surface area (Å²) >= 11 is 7.00. The van der Waals surface area contributed by atoms with Gasteiger partial charge in [-0.05, 0) is 31.2 Å². The number of ether oxygens (including phenoxy) is 1. The lowest BCUT2D eigenvalue weighted by molar-refractivity contribution is -0.115. The first-order valence-electron chi connectivity index (χ1n) is 7.50. The van der Waals surface area contributed by atoms with Gasteiger partial charge in [0, 0.05) is 11.1 Å². The fraction of sp³-hybridized carbons (Fsp3) is 0.176. The first kappa shape index (κ1) is 18.5. The summed E-state index contributed by atoms with van der Waals surface area (Å²) in [5.74, 6) is -0.509. The monoisotopic (exact) mass is 398 g/mol. The van der Waals surface area contributed by atoms with Gasteiger partial charge in [0.1, 0.15) is 11.3 Å². The number of para-hydroxylation sites is 2. The minimum atomic E-state index is -2.98. The smallest absolute Gasteiger partial charge is 0.387 e. The van der Waals surface area contributed by atoms with Crippen LogP contribution in [0.1, 0.15) is 6.92 Å². The van der Waals surface area contributed by atoms with Crippen LogP contribution in [0, 0.1) is 0 Å². The Labute approximate surface area is 156 Å². The van der Waals surface area contributed by atoms with Gasteiger partial charge in [0.15, 0.2) is 5.58 Å². The Morgan fingerprint density at radius 2 is 2.08 bits per heavy atom. The normalized spacial score (nSPS) is 12.3. The largest absolute Gasteiger partial charge is 0.433 e. The number of aromatic nitrogens is 1. The number of carbonyl (C=O) groups excluding carboxylic acids is 1. The van der Waals surface area contributed by atoms with Crippen molar-refractivity contribution in [3.8, 4) is 5.75 Å². The molecule has 3 rings (SSSR count). The van der Waals surface area contributed by atoms with Gasteiger partial charge in [0.05, 0.1) is 10.9 Å². The van der Waals surface area contributed by atoms with Crippen molar-refractivity contribution in [1.82, 2.24) is 4.98 Å². The fourth-order valence-corrected chi connectivity index (χ4v) is 3.05. The van der Waals surface area contributed by atoms with Gasteiger partial charge in [0.2, 0.25) is 5.91 Å². The van der Waals surface area contributed by atoms with Crippen molar-refractivity contribution in [3.05, 3.63) is 47.5 Å². The summed E-state index contributed by atoms with van der Waals surface area (Å²) in [5.41, 5.74) is 1.30. The average molecular weight is 399 g/mol. The van der Waals surface area contributed by atoms with Gasteiger partial charge in [-0.2, -0.15) is 8.78 Å². The van der Waals surface area contributed by atoms with E-state index in [0.717, 1.165) is 11.8 Å². The molecule has 26 heavy (non-hydrogen) atoms. The molecule has 3 aromatic rings. The standard InChI is InChI=1S/C17H13ClF2N2O3S/c1-9(26-17-22-12-7-6-10(18)8-14(12)25-17)15(23)21-11-4-2-3-5-13(11)24-16(19)20/h2-9,16H,1H3,(H,21,23)/t9-/m0/s1. The minimum Gasteiger partial charge on any atom is -0.433 e. The highest BCUT2D eigenvalue weighted by Crippen LogP contribution is 2.30. The molecule has 0 aliphatic rings. The van der Waals surface area contributed by atoms with Crippen LogP contribution in [-0.4, -0.2) is 22.8 Å². The summed E-state index contributed by atoms with van der Waals surface area (Å²) < 4.78 is 34.8. The quantitative estimate of drug-likeness (QED) is 0.578. The van der Waals surface area contributed by atoms with Crippen LogP contribution in [0.5, 0.6) is 5.75 Å². The number of hydrogen-bond acceptors (Lipinski definition) is 5. The van der Waals surface area contributed by atoms with Crippen LogP contribution in [0.25, 0.3) is 11.1 Å². The molecule has 9 heteroatoms. The van der Waals surface area contributed by atoms with Gasteiger partial charge in [-0.1, -0.05) is 35.5 Å². The molecule has 1 amide bonds. The van der Waals surface area contributed by atoms with Crippen LogP contribution >= 0.6 is 23.4 Å². The highest BCUT2D eigenvalue weighted by Gasteiger charge is 2.20. The topological polar surface area (TPSA) is 64.4 Å². The van der Waals surface area contributed by atoms with Gasteiger partial charge in [0.25, 0.3) is 5.22 Å². The average Bonchev–Trinajstić information content (AvgIpc) is 2.97. The Kier molecular flexibility index (Phi) is 5.63. The van der Waals surface area contributed by atoms with Crippen LogP contribution in [0.2, 0.25) is 5.02 Å². The number of anilines is 1. The lowest BCUT2D eigenvalue weighted by atomic mass is 10.3. The van der Waals surface area contributed by atoms with Gasteiger partial charge >= 0.3 is 6.61 Å². The Hall–Kier alpha value is -2.32. The number of nitrogens with zero attached hydrogens (tertiary/aromatic N) is 1. The zero-order valence-electron chi connectivity index (χ0n) is 13.4. The van der Waals surface area contributed by atoms with Crippen molar-refractivity contribution in [3.63, 3.8) is 0 Å². The van der Waals surface area contributed by atoms with Crippen LogP contribution in [0.4, 0.5) is 14.5 Å². The van der Waals surface area contributed by atoms with E-state index in [4.69, 9.17) is 16.0 Å². The number of halogens is 3. The molecule has 0 fully saturated rings. The van der Waals surface area contributed by atoms with Crippen molar-refractivity contribution in [2.75, 3.05) is 5.32 Å². The molecule has 0 saturated heterocycles. The second-order valence-corrected chi connectivity index (χ2v) is 6.94. The summed E-state index contributed by atoms with van der Waals surface area (Å²) in [5, 5.41) is 2.81. The molecule has 5 nitrogen and oxygen atoms in total. The molecular formula is C17H13ClF2N2O3S. The molecule has 0 radical (unpaired) electrons. The number of fused-ring (bicyclic) bond motifs is 1. The number of thioether (sulfide) groups is 1. The summed E-state index contributed by atoms with van der Waals surface area (Å²) in [7, 11) is 0. The minimum absolute atomic E-state index is 0.107. The van der Waals surface area contributed by atoms with E-state index in [1.54, 1.807) is 31.2 Å². The third kappa shape index (κ3) is 4.44. The Balaban J connectivity index is 1.69. The second kappa shape index (κ2) is 7.92. The number of hydrogen-bond donors (Lipinski definition) is 1. The van der Waals surface area contributed by atoms with E-state index in [2.05, 4.69) is 15.0 Å². The van der Waals surface area contributed by atoms with E-state index >= 15 is 0 Å². The molecule has 0 saturated carbocycles. The molecule has 1 heterocycles. The summed E-state index contributed by atoms with van der Waals surface area (Å²) in [4.78, 5) is 16.6. The van der Waals surface area contributed by atoms with E-state index in [-0.39, 0.29) is 11.4 Å². The third-order valence-electron chi connectivity index (χ3n) is 3.34. The summed E-state index contributed by atoms with van der Waals surface area (Å²) in [6, 6.07) is 11.0. The number of nitrogens with one attached hydrogen (secondary N) is 1. The molecule has 0 aliphatic carbocycles. The zero-order valence-corrected chi connectivity index (χ0v) is 15.0. The van der Waals surface area contributed by atoms with Gasteiger partial charge < -0.3 is 14.5 Å².